The van der Waals surface area contributed by atoms with Crippen LogP contribution in [0, 0.1) is 0 Å². The summed E-state index contributed by atoms with van der Waals surface area (Å²) in [4.78, 5) is 28.8. The van der Waals surface area contributed by atoms with Crippen LogP contribution in [0.4, 0.5) is 8.78 Å². The van der Waals surface area contributed by atoms with Crippen LogP contribution in [0.25, 0.3) is 16.7 Å². The van der Waals surface area contributed by atoms with Crippen molar-refractivity contribution in [3.05, 3.63) is 196 Å². The lowest BCUT2D eigenvalue weighted by atomic mass is 9.87. The summed E-state index contributed by atoms with van der Waals surface area (Å²) in [6.07, 6.45) is 8.79. The maximum atomic E-state index is 12.6. The second-order valence-electron chi connectivity index (χ2n) is 20.3. The number of hydrogen-bond acceptors (Lipinski definition) is 9. The predicted molar refractivity (Wildman–Crippen MR) is 331 cm³/mol. The van der Waals surface area contributed by atoms with Gasteiger partial charge in [-0.3, -0.25) is 18.6 Å². The zero-order chi connectivity index (χ0) is 57.4. The normalized spacial score (nSPS) is 16.9. The Balaban J connectivity index is 0.000000202. The molecule has 6 aromatic rings. The lowest BCUT2D eigenvalue weighted by Crippen LogP contribution is -2.26. The van der Waals surface area contributed by atoms with Gasteiger partial charge in [0, 0.05) is 63.8 Å². The number of nitrogens with zero attached hydrogens (tertiary/aromatic N) is 2. The van der Waals surface area contributed by atoms with E-state index in [1.807, 2.05) is 72.8 Å². The van der Waals surface area contributed by atoms with E-state index in [1.54, 1.807) is 24.3 Å². The van der Waals surface area contributed by atoms with Crippen molar-refractivity contribution in [1.82, 2.24) is 9.80 Å². The van der Waals surface area contributed by atoms with Crippen LogP contribution in [0.2, 0.25) is 20.1 Å². The van der Waals surface area contributed by atoms with Gasteiger partial charge in [0.05, 0.1) is 38.7 Å². The summed E-state index contributed by atoms with van der Waals surface area (Å²) in [6.45, 7) is 4.61. The highest BCUT2D eigenvalue weighted by molar-refractivity contribution is 9.11. The van der Waals surface area contributed by atoms with Crippen molar-refractivity contribution in [3.63, 3.8) is 0 Å². The van der Waals surface area contributed by atoms with Gasteiger partial charge in [0.2, 0.25) is 0 Å². The van der Waals surface area contributed by atoms with E-state index in [2.05, 4.69) is 50.0 Å². The quantitative estimate of drug-likeness (QED) is 0.0744. The number of fused-ring (bicyclic) bond motifs is 2. The summed E-state index contributed by atoms with van der Waals surface area (Å²) in [5, 5.41) is 10.8. The zero-order valence-electron chi connectivity index (χ0n) is 45.9. The van der Waals surface area contributed by atoms with Crippen LogP contribution >= 0.6 is 62.3 Å². The van der Waals surface area contributed by atoms with Crippen molar-refractivity contribution in [2.45, 2.75) is 76.4 Å². The van der Waals surface area contributed by atoms with Gasteiger partial charge in [-0.05, 0) is 198 Å². The third-order valence-electron chi connectivity index (χ3n) is 14.8. The van der Waals surface area contributed by atoms with Gasteiger partial charge in [-0.2, -0.15) is 0 Å². The molecule has 2 fully saturated rings. The topological polar surface area (TPSA) is 129 Å². The molecular formula is C64H67BBrCl4F2N2O8. The van der Waals surface area contributed by atoms with Crippen LogP contribution in [0.1, 0.15) is 111 Å². The highest BCUT2D eigenvalue weighted by atomic mass is 79.9. The van der Waals surface area contributed by atoms with Crippen molar-refractivity contribution in [2.24, 2.45) is 0 Å². The average Bonchev–Trinajstić information content (AvgIpc) is 4.17. The average molecular weight is 1260 g/mol. The number of aryl methyl sites for hydroxylation is 2. The molecule has 0 amide bonds. The number of carbonyl (C=O) groups is 2. The lowest BCUT2D eigenvalue weighted by molar-refractivity contribution is 0.0591. The Kier molecular flexibility index (Phi) is 24.8. The van der Waals surface area contributed by atoms with Gasteiger partial charge >= 0.3 is 19.4 Å². The number of ether oxygens (including phenoxy) is 4. The van der Waals surface area contributed by atoms with Gasteiger partial charge in [0.15, 0.2) is 0 Å². The molecular weight excluding hydrogens is 1200 g/mol. The van der Waals surface area contributed by atoms with Crippen LogP contribution in [0.5, 0.6) is 11.5 Å². The second kappa shape index (κ2) is 31.6. The molecule has 2 saturated heterocycles. The summed E-state index contributed by atoms with van der Waals surface area (Å²) < 4.78 is 48.5. The second-order valence-corrected chi connectivity index (χ2v) is 22.9. The molecule has 10 nitrogen and oxygen atoms in total. The van der Waals surface area contributed by atoms with E-state index in [0.29, 0.717) is 49.5 Å². The van der Waals surface area contributed by atoms with Crippen LogP contribution in [0.15, 0.2) is 126 Å². The van der Waals surface area contributed by atoms with Crippen LogP contribution in [-0.2, 0) is 22.3 Å². The fourth-order valence-electron chi connectivity index (χ4n) is 10.8. The van der Waals surface area contributed by atoms with Gasteiger partial charge in [0.25, 0.3) is 0 Å². The molecule has 6 aromatic carbocycles. The van der Waals surface area contributed by atoms with Crippen molar-refractivity contribution >= 4 is 104 Å². The Labute approximate surface area is 509 Å². The Bertz CT molecular complexity index is 3210. The molecule has 0 unspecified atom stereocenters. The fourth-order valence-corrected chi connectivity index (χ4v) is 12.5. The molecule has 1 radical (unpaired) electrons. The number of halogens is 7. The first-order chi connectivity index (χ1) is 39.3. The molecule has 18 heteroatoms. The molecule has 0 aromatic heterocycles. The molecule has 0 saturated carbocycles. The molecule has 2 heterocycles. The molecule has 10 rings (SSSR count). The first kappa shape index (κ1) is 64.3. The Hall–Kier alpha value is -5.26. The standard InChI is InChI=1S/C32H32Cl2FNO3.C26H29BrFNO3.C6H4BCl2O.H2O/c1-38-32(37)23-8-12-27-22(18-23)4-2-5-29(28-13-9-24(33)19-30(28)34)31(27)21-6-10-25(11-7-21)39-26-14-17-36(20-26)16-3-15-35;1-31-26(30)20-8-11-23-19(16-20)4-2-5-24(27)25(23)18-6-9-21(10-7-18)32-22-12-15-29(17-22)14-3-13-28;8-4-1-2-5(7-10)6(9)3-4;/h6-13,18-19,26H,2-5,14-17,20H2,1H3;6-11,16,22H,2-5,12-15,17H2,1H3;1-3,10H;1H2/t26-;22-;;/m00../s1. The highest BCUT2D eigenvalue weighted by Gasteiger charge is 2.27. The number of alkyl halides is 2. The van der Waals surface area contributed by atoms with E-state index in [4.69, 9.17) is 70.4 Å². The molecule has 2 aliphatic carbocycles. The van der Waals surface area contributed by atoms with Crippen molar-refractivity contribution in [2.75, 3.05) is 66.8 Å². The van der Waals surface area contributed by atoms with Crippen molar-refractivity contribution in [1.29, 1.82) is 0 Å². The number of allylic oxidation sites excluding steroid dienone is 2. The van der Waals surface area contributed by atoms with E-state index < -0.39 is 0 Å². The Morgan fingerprint density at radius 2 is 1.06 bits per heavy atom. The number of likely N-dealkylation sites (tertiary alicyclic amines) is 2. The minimum absolute atomic E-state index is 0. The van der Waals surface area contributed by atoms with Crippen molar-refractivity contribution in [3.8, 4) is 11.5 Å². The SMILES string of the molecule is COC(=O)c1ccc2c(c1)CCCC(Br)=C2c1ccc(O[C@H]2CCN(CCCF)C2)cc1.COC(=O)c1ccc2c(c1)CCCC(c1ccc(Cl)cc1Cl)=C2c1ccc(O[C@H]2CCN(CCCF)C2)cc1.O.O[B]c1ccc(Cl)cc1Cl. The van der Waals surface area contributed by atoms with E-state index >= 15 is 0 Å². The number of methoxy groups -OCH3 is 2. The van der Waals surface area contributed by atoms with E-state index in [-0.39, 0.29) is 43.0 Å². The molecule has 433 valence electrons. The molecule has 0 bridgehead atoms. The number of benzene rings is 6. The number of hydrogen-bond donors (Lipinski definition) is 1. The number of rotatable bonds is 16. The van der Waals surface area contributed by atoms with Gasteiger partial charge in [0.1, 0.15) is 23.7 Å². The molecule has 0 spiro atoms. The van der Waals surface area contributed by atoms with Crippen LogP contribution in [-0.4, -0.2) is 119 Å². The predicted octanol–water partition coefficient (Wildman–Crippen LogP) is 14.1. The summed E-state index contributed by atoms with van der Waals surface area (Å²) in [6, 6.07) is 38.6. The number of esters is 2. The van der Waals surface area contributed by atoms with E-state index in [1.165, 1.54) is 24.3 Å². The van der Waals surface area contributed by atoms with E-state index in [0.717, 1.165) is 160 Å². The summed E-state index contributed by atoms with van der Waals surface area (Å²) >= 11 is 28.0. The van der Waals surface area contributed by atoms with E-state index in [9.17, 15) is 18.4 Å². The number of carbonyl (C=O) groups excluding carboxylic acids is 2. The van der Waals surface area contributed by atoms with Gasteiger partial charge in [-0.15, -0.1) is 0 Å². The summed E-state index contributed by atoms with van der Waals surface area (Å²) in [7, 11) is 3.75. The lowest BCUT2D eigenvalue weighted by Gasteiger charge is -2.19. The van der Waals surface area contributed by atoms with Gasteiger partial charge in [-0.25, -0.2) is 9.59 Å². The maximum Gasteiger partial charge on any atom is 0.337 e. The third kappa shape index (κ3) is 17.0. The highest BCUT2D eigenvalue weighted by Crippen LogP contribution is 2.43. The zero-order valence-corrected chi connectivity index (χ0v) is 50.6. The maximum absolute atomic E-state index is 12.6. The smallest absolute Gasteiger partial charge is 0.337 e. The molecule has 3 N–H and O–H groups in total. The van der Waals surface area contributed by atoms with Crippen molar-refractivity contribution < 1.29 is 47.8 Å². The van der Waals surface area contributed by atoms with Gasteiger partial charge < -0.3 is 29.4 Å². The molecule has 2 aliphatic heterocycles. The monoisotopic (exact) mass is 1260 g/mol. The molecule has 4 aliphatic rings. The minimum Gasteiger partial charge on any atom is -0.489 e. The Morgan fingerprint density at radius 1 is 0.598 bits per heavy atom. The van der Waals surface area contributed by atoms with Gasteiger partial charge in [-0.1, -0.05) is 111 Å². The Morgan fingerprint density at radius 3 is 1.54 bits per heavy atom. The molecule has 2 atom stereocenters. The summed E-state index contributed by atoms with van der Waals surface area (Å²) in [5.41, 5.74) is 12.7. The fraction of sp³-hybridized carbons (Fsp3) is 0.344. The summed E-state index contributed by atoms with van der Waals surface area (Å²) in [5.74, 6) is 1.03. The largest absolute Gasteiger partial charge is 0.489 e. The third-order valence-corrected chi connectivity index (χ3v) is 16.7. The first-order valence-corrected chi connectivity index (χ1v) is 29.6. The first-order valence-electron chi connectivity index (χ1n) is 27.3. The molecule has 82 heavy (non-hydrogen) atoms. The van der Waals surface area contributed by atoms with Crippen LogP contribution in [0.3, 0.4) is 0 Å². The van der Waals surface area contributed by atoms with Crippen LogP contribution < -0.4 is 14.9 Å². The minimum atomic E-state index is -0.342.